The first kappa shape index (κ1) is 9.65. The quantitative estimate of drug-likeness (QED) is 0.490. The minimum absolute atomic E-state index is 0.0676. The second-order valence-electron chi connectivity index (χ2n) is 3.97. The molecule has 2 bridgehead atoms. The van der Waals surface area contributed by atoms with Crippen LogP contribution in [0.5, 0.6) is 0 Å². The first-order valence-electron chi connectivity index (χ1n) is 4.96. The van der Waals surface area contributed by atoms with Crippen molar-refractivity contribution in [1.29, 1.82) is 0 Å². The highest BCUT2D eigenvalue weighted by Crippen LogP contribution is 2.42. The van der Waals surface area contributed by atoms with E-state index in [4.69, 9.17) is 9.47 Å². The fourth-order valence-corrected chi connectivity index (χ4v) is 2.43. The van der Waals surface area contributed by atoms with Crippen LogP contribution in [0.3, 0.4) is 0 Å². The molecule has 0 aromatic rings. The van der Waals surface area contributed by atoms with Gasteiger partial charge in [0.15, 0.2) is 0 Å². The minimum atomic E-state index is -0.294. The van der Waals surface area contributed by atoms with E-state index in [-0.39, 0.29) is 30.0 Å². The Labute approximate surface area is 82.6 Å². The fraction of sp³-hybridized carbons (Fsp3) is 0.800. The Morgan fingerprint density at radius 3 is 2.86 bits per heavy atom. The van der Waals surface area contributed by atoms with Gasteiger partial charge in [0, 0.05) is 18.8 Å². The van der Waals surface area contributed by atoms with Gasteiger partial charge in [-0.15, -0.1) is 0 Å². The lowest BCUT2D eigenvalue weighted by molar-refractivity contribution is -0.143. The number of fused-ring (bicyclic) bond motifs is 2. The van der Waals surface area contributed by atoms with Gasteiger partial charge >= 0.3 is 5.97 Å². The molecule has 2 aliphatic rings. The minimum Gasteiger partial charge on any atom is -0.465 e. The van der Waals surface area contributed by atoms with Gasteiger partial charge in [0.1, 0.15) is 6.29 Å². The molecular weight excluding hydrogens is 184 g/mol. The van der Waals surface area contributed by atoms with Crippen molar-refractivity contribution in [2.24, 2.45) is 11.8 Å². The summed E-state index contributed by atoms with van der Waals surface area (Å²) < 4.78 is 10.5. The van der Waals surface area contributed by atoms with Crippen LogP contribution in [0.1, 0.15) is 19.8 Å². The van der Waals surface area contributed by atoms with Crippen molar-refractivity contribution < 1.29 is 19.1 Å². The molecule has 78 valence electrons. The molecule has 2 aliphatic heterocycles. The van der Waals surface area contributed by atoms with E-state index >= 15 is 0 Å². The number of aldehydes is 1. The number of carbonyl (C=O) groups excluding carboxylic acids is 2. The van der Waals surface area contributed by atoms with E-state index < -0.39 is 0 Å². The van der Waals surface area contributed by atoms with Gasteiger partial charge in [-0.05, 0) is 12.8 Å². The Hall–Kier alpha value is -0.900. The molecule has 0 aromatic heterocycles. The molecule has 4 nitrogen and oxygen atoms in total. The number of carbonyl (C=O) groups is 2. The van der Waals surface area contributed by atoms with Gasteiger partial charge < -0.3 is 14.3 Å². The highest BCUT2D eigenvalue weighted by molar-refractivity contribution is 5.66. The molecule has 2 rings (SSSR count). The van der Waals surface area contributed by atoms with Gasteiger partial charge in [-0.2, -0.15) is 0 Å². The highest BCUT2D eigenvalue weighted by atomic mass is 16.5. The first-order chi connectivity index (χ1) is 6.72. The summed E-state index contributed by atoms with van der Waals surface area (Å²) in [6.07, 6.45) is 3.08. The van der Waals surface area contributed by atoms with Crippen LogP contribution < -0.4 is 0 Å². The van der Waals surface area contributed by atoms with Crippen LogP contribution in [-0.4, -0.2) is 31.1 Å². The lowest BCUT2D eigenvalue weighted by atomic mass is 9.81. The monoisotopic (exact) mass is 198 g/mol. The van der Waals surface area contributed by atoms with Crippen LogP contribution in [0.2, 0.25) is 0 Å². The van der Waals surface area contributed by atoms with E-state index in [0.29, 0.717) is 6.61 Å². The molecule has 2 saturated heterocycles. The normalized spacial score (nSPS) is 39.8. The molecule has 2 fully saturated rings. The van der Waals surface area contributed by atoms with Crippen LogP contribution >= 0.6 is 0 Å². The van der Waals surface area contributed by atoms with Crippen LogP contribution in [0, 0.1) is 11.8 Å². The number of esters is 1. The first-order valence-corrected chi connectivity index (χ1v) is 4.96. The zero-order valence-electron chi connectivity index (χ0n) is 8.14. The molecule has 0 aromatic carbocycles. The third-order valence-corrected chi connectivity index (χ3v) is 3.12. The summed E-state index contributed by atoms with van der Waals surface area (Å²) in [6, 6.07) is 0. The second kappa shape index (κ2) is 3.69. The molecule has 0 aliphatic carbocycles. The van der Waals surface area contributed by atoms with Gasteiger partial charge in [0.25, 0.3) is 0 Å². The second-order valence-corrected chi connectivity index (χ2v) is 3.97. The van der Waals surface area contributed by atoms with Crippen LogP contribution in [0.25, 0.3) is 0 Å². The maximum absolute atomic E-state index is 10.8. The molecule has 0 saturated carbocycles. The average molecular weight is 198 g/mol. The molecule has 0 spiro atoms. The van der Waals surface area contributed by atoms with Crippen molar-refractivity contribution in [3.05, 3.63) is 0 Å². The maximum atomic E-state index is 10.8. The van der Waals surface area contributed by atoms with E-state index in [1.807, 2.05) is 0 Å². The predicted molar refractivity (Wildman–Crippen MR) is 47.6 cm³/mol. The van der Waals surface area contributed by atoms with Gasteiger partial charge in [-0.3, -0.25) is 4.79 Å². The lowest BCUT2D eigenvalue weighted by Gasteiger charge is -2.22. The summed E-state index contributed by atoms with van der Waals surface area (Å²) in [5.74, 6) is -0.291. The molecule has 0 N–H and O–H groups in total. The molecule has 0 amide bonds. The van der Waals surface area contributed by atoms with E-state index in [1.54, 1.807) is 0 Å². The third kappa shape index (κ3) is 1.54. The number of rotatable bonds is 3. The van der Waals surface area contributed by atoms with Crippen LogP contribution in [-0.2, 0) is 19.1 Å². The van der Waals surface area contributed by atoms with Gasteiger partial charge in [-0.1, -0.05) is 0 Å². The zero-order valence-corrected chi connectivity index (χ0v) is 8.14. The summed E-state index contributed by atoms with van der Waals surface area (Å²) in [7, 11) is 0. The fourth-order valence-electron chi connectivity index (χ4n) is 2.43. The standard InChI is InChI=1S/C10H14O4/c1-6(12)13-5-8-7(4-11)9-2-3-10(8)14-9/h4,7-10H,2-3,5H2,1H3/t7-,8+,9+,10-/m1/s1. The molecule has 4 atom stereocenters. The Kier molecular flexibility index (Phi) is 2.54. The molecular formula is C10H14O4. The summed E-state index contributed by atoms with van der Waals surface area (Å²) >= 11 is 0. The largest absolute Gasteiger partial charge is 0.465 e. The summed E-state index contributed by atoms with van der Waals surface area (Å²) in [4.78, 5) is 21.5. The molecule has 14 heavy (non-hydrogen) atoms. The van der Waals surface area contributed by atoms with Gasteiger partial charge in [0.05, 0.1) is 18.8 Å². The molecule has 4 heteroatoms. The van der Waals surface area contributed by atoms with Crippen molar-refractivity contribution in [2.45, 2.75) is 32.0 Å². The Bertz CT molecular complexity index is 251. The van der Waals surface area contributed by atoms with Gasteiger partial charge in [-0.25, -0.2) is 0 Å². The van der Waals surface area contributed by atoms with Crippen molar-refractivity contribution in [1.82, 2.24) is 0 Å². The Morgan fingerprint density at radius 1 is 1.50 bits per heavy atom. The van der Waals surface area contributed by atoms with Crippen LogP contribution in [0.15, 0.2) is 0 Å². The summed E-state index contributed by atoms with van der Waals surface area (Å²) in [5.41, 5.74) is 0. The van der Waals surface area contributed by atoms with E-state index in [1.165, 1.54) is 6.92 Å². The van der Waals surface area contributed by atoms with Crippen molar-refractivity contribution >= 4 is 12.3 Å². The summed E-state index contributed by atoms with van der Waals surface area (Å²) in [5, 5.41) is 0. The molecule has 0 unspecified atom stereocenters. The van der Waals surface area contributed by atoms with E-state index in [9.17, 15) is 9.59 Å². The Morgan fingerprint density at radius 2 is 2.21 bits per heavy atom. The molecule has 0 radical (unpaired) electrons. The SMILES string of the molecule is CC(=O)OC[C@H]1[C@@H](C=O)[C@@H]2CC[C@H]1O2. The maximum Gasteiger partial charge on any atom is 0.302 e. The number of hydrogen-bond acceptors (Lipinski definition) is 4. The predicted octanol–water partition coefficient (Wildman–Crippen LogP) is 0.542. The summed E-state index contributed by atoms with van der Waals surface area (Å²) in [6.45, 7) is 1.70. The van der Waals surface area contributed by atoms with Crippen molar-refractivity contribution in [3.63, 3.8) is 0 Å². The third-order valence-electron chi connectivity index (χ3n) is 3.12. The van der Waals surface area contributed by atoms with Crippen molar-refractivity contribution in [2.75, 3.05) is 6.61 Å². The lowest BCUT2D eigenvalue weighted by Crippen LogP contribution is -2.32. The van der Waals surface area contributed by atoms with E-state index in [0.717, 1.165) is 19.1 Å². The van der Waals surface area contributed by atoms with Crippen LogP contribution in [0.4, 0.5) is 0 Å². The highest BCUT2D eigenvalue weighted by Gasteiger charge is 2.49. The smallest absolute Gasteiger partial charge is 0.302 e. The van der Waals surface area contributed by atoms with E-state index in [2.05, 4.69) is 0 Å². The average Bonchev–Trinajstić information content (AvgIpc) is 2.72. The van der Waals surface area contributed by atoms with Gasteiger partial charge in [0.2, 0.25) is 0 Å². The van der Waals surface area contributed by atoms with Crippen molar-refractivity contribution in [3.8, 4) is 0 Å². The number of ether oxygens (including phenoxy) is 2. The molecule has 2 heterocycles. The number of hydrogen-bond donors (Lipinski definition) is 0. The topological polar surface area (TPSA) is 52.6 Å². The Balaban J connectivity index is 1.96. The zero-order chi connectivity index (χ0) is 10.1.